The minimum atomic E-state index is 0.0645. The molecular weight excluding hydrogens is 324 g/mol. The number of anilines is 1. The topological polar surface area (TPSA) is 49.4 Å². The molecule has 2 aromatic carbocycles. The maximum absolute atomic E-state index is 12.7. The van der Waals surface area contributed by atoms with E-state index in [1.54, 1.807) is 0 Å². The normalized spacial score (nSPS) is 14.9. The van der Waals surface area contributed by atoms with Crippen LogP contribution in [0.2, 0.25) is 0 Å². The van der Waals surface area contributed by atoms with Crippen molar-refractivity contribution in [2.24, 2.45) is 5.92 Å². The van der Waals surface area contributed by atoms with Crippen molar-refractivity contribution < 1.29 is 9.59 Å². The molecule has 0 bridgehead atoms. The van der Waals surface area contributed by atoms with Crippen LogP contribution >= 0.6 is 0 Å². The molecule has 1 aliphatic rings. The molecule has 0 aromatic heterocycles. The molecule has 0 radical (unpaired) electrons. The number of nitrogens with zero attached hydrogens (tertiary/aromatic N) is 1. The molecule has 1 fully saturated rings. The second-order valence-corrected chi connectivity index (χ2v) is 7.00. The molecule has 0 spiro atoms. The Bertz CT molecular complexity index is 750. The molecule has 2 aromatic rings. The summed E-state index contributed by atoms with van der Waals surface area (Å²) in [6.45, 7) is 3.53. The first kappa shape index (κ1) is 18.2. The lowest BCUT2D eigenvalue weighted by Crippen LogP contribution is -2.38. The Morgan fingerprint density at radius 3 is 2.35 bits per heavy atom. The highest BCUT2D eigenvalue weighted by atomic mass is 16.2. The lowest BCUT2D eigenvalue weighted by molar-refractivity contribution is -0.116. The van der Waals surface area contributed by atoms with Crippen LogP contribution in [0.1, 0.15) is 41.6 Å². The Morgan fingerprint density at radius 1 is 1.00 bits per heavy atom. The summed E-state index contributed by atoms with van der Waals surface area (Å²) in [4.78, 5) is 26.7. The predicted molar refractivity (Wildman–Crippen MR) is 104 cm³/mol. The number of hydrogen-bond acceptors (Lipinski definition) is 2. The Hall–Kier alpha value is -2.62. The van der Waals surface area contributed by atoms with Crippen molar-refractivity contribution >= 4 is 17.5 Å². The highest BCUT2D eigenvalue weighted by molar-refractivity contribution is 5.95. The standard InChI is InChI=1S/C22H26N2O2/c1-17-7-5-6-10-20(17)22(26)24-15-13-18(14-16-24)11-12-21(25)23-19-8-3-2-4-9-19/h2-10,18H,11-16H2,1H3,(H,23,25). The fourth-order valence-electron chi connectivity index (χ4n) is 3.49. The van der Waals surface area contributed by atoms with Gasteiger partial charge < -0.3 is 10.2 Å². The number of nitrogens with one attached hydrogen (secondary N) is 1. The van der Waals surface area contributed by atoms with Gasteiger partial charge in [-0.3, -0.25) is 9.59 Å². The van der Waals surface area contributed by atoms with E-state index in [0.717, 1.165) is 49.2 Å². The van der Waals surface area contributed by atoms with Gasteiger partial charge in [-0.2, -0.15) is 0 Å². The largest absolute Gasteiger partial charge is 0.339 e. The number of carbonyl (C=O) groups excluding carboxylic acids is 2. The van der Waals surface area contributed by atoms with E-state index in [1.165, 1.54) is 0 Å². The van der Waals surface area contributed by atoms with Gasteiger partial charge in [-0.05, 0) is 55.9 Å². The van der Waals surface area contributed by atoms with Crippen LogP contribution in [-0.2, 0) is 4.79 Å². The lowest BCUT2D eigenvalue weighted by Gasteiger charge is -2.32. The van der Waals surface area contributed by atoms with E-state index in [2.05, 4.69) is 5.32 Å². The van der Waals surface area contributed by atoms with Gasteiger partial charge in [0.05, 0.1) is 0 Å². The Kier molecular flexibility index (Phi) is 6.05. The fourth-order valence-corrected chi connectivity index (χ4v) is 3.49. The number of carbonyl (C=O) groups is 2. The molecule has 4 nitrogen and oxygen atoms in total. The third-order valence-electron chi connectivity index (χ3n) is 5.11. The quantitative estimate of drug-likeness (QED) is 0.875. The number of piperidine rings is 1. The van der Waals surface area contributed by atoms with Gasteiger partial charge in [0.2, 0.25) is 5.91 Å². The van der Waals surface area contributed by atoms with Crippen LogP contribution in [0.5, 0.6) is 0 Å². The molecule has 0 saturated carbocycles. The zero-order chi connectivity index (χ0) is 18.4. The van der Waals surface area contributed by atoms with E-state index in [1.807, 2.05) is 66.4 Å². The summed E-state index contributed by atoms with van der Waals surface area (Å²) in [7, 11) is 0. The van der Waals surface area contributed by atoms with Crippen molar-refractivity contribution in [2.75, 3.05) is 18.4 Å². The molecule has 0 aliphatic carbocycles. The molecule has 0 unspecified atom stereocenters. The molecule has 4 heteroatoms. The summed E-state index contributed by atoms with van der Waals surface area (Å²) in [5.74, 6) is 0.704. The second-order valence-electron chi connectivity index (χ2n) is 7.00. The number of amides is 2. The number of rotatable bonds is 5. The van der Waals surface area contributed by atoms with Gasteiger partial charge in [0.1, 0.15) is 0 Å². The van der Waals surface area contributed by atoms with Gasteiger partial charge in [-0.1, -0.05) is 36.4 Å². The number of para-hydroxylation sites is 1. The maximum Gasteiger partial charge on any atom is 0.254 e. The van der Waals surface area contributed by atoms with Crippen molar-refractivity contribution in [1.29, 1.82) is 0 Å². The Morgan fingerprint density at radius 2 is 1.65 bits per heavy atom. The van der Waals surface area contributed by atoms with Crippen molar-refractivity contribution in [2.45, 2.75) is 32.6 Å². The first-order valence-corrected chi connectivity index (χ1v) is 9.33. The molecule has 2 amide bonds. The van der Waals surface area contributed by atoms with Crippen molar-refractivity contribution in [1.82, 2.24) is 4.90 Å². The molecule has 1 aliphatic heterocycles. The van der Waals surface area contributed by atoms with E-state index in [9.17, 15) is 9.59 Å². The van der Waals surface area contributed by atoms with Crippen molar-refractivity contribution in [3.63, 3.8) is 0 Å². The summed E-state index contributed by atoms with van der Waals surface area (Å²) < 4.78 is 0. The summed E-state index contributed by atoms with van der Waals surface area (Å²) >= 11 is 0. The lowest BCUT2D eigenvalue weighted by atomic mass is 9.91. The van der Waals surface area contributed by atoms with Crippen LogP contribution in [-0.4, -0.2) is 29.8 Å². The van der Waals surface area contributed by atoms with Crippen LogP contribution < -0.4 is 5.32 Å². The molecule has 26 heavy (non-hydrogen) atoms. The maximum atomic E-state index is 12.7. The van der Waals surface area contributed by atoms with Gasteiger partial charge in [-0.25, -0.2) is 0 Å². The monoisotopic (exact) mass is 350 g/mol. The summed E-state index contributed by atoms with van der Waals surface area (Å²) in [5.41, 5.74) is 2.67. The second kappa shape index (κ2) is 8.65. The Labute approximate surface area is 155 Å². The van der Waals surface area contributed by atoms with E-state index in [0.29, 0.717) is 12.3 Å². The van der Waals surface area contributed by atoms with Gasteiger partial charge in [0, 0.05) is 30.8 Å². The molecule has 136 valence electrons. The molecule has 1 saturated heterocycles. The SMILES string of the molecule is Cc1ccccc1C(=O)N1CCC(CCC(=O)Nc2ccccc2)CC1. The summed E-state index contributed by atoms with van der Waals surface area (Å²) in [5, 5.41) is 2.93. The third-order valence-corrected chi connectivity index (χ3v) is 5.11. The molecular formula is C22H26N2O2. The van der Waals surface area contributed by atoms with Crippen LogP contribution in [0.4, 0.5) is 5.69 Å². The molecule has 1 heterocycles. The zero-order valence-corrected chi connectivity index (χ0v) is 15.3. The van der Waals surface area contributed by atoms with Crippen molar-refractivity contribution in [3.8, 4) is 0 Å². The van der Waals surface area contributed by atoms with Gasteiger partial charge >= 0.3 is 0 Å². The number of hydrogen-bond donors (Lipinski definition) is 1. The first-order chi connectivity index (χ1) is 12.6. The fraction of sp³-hybridized carbons (Fsp3) is 0.364. The minimum Gasteiger partial charge on any atom is -0.339 e. The van der Waals surface area contributed by atoms with Crippen molar-refractivity contribution in [3.05, 3.63) is 65.7 Å². The Balaban J connectivity index is 1.43. The third kappa shape index (κ3) is 4.72. The average molecular weight is 350 g/mol. The number of benzene rings is 2. The predicted octanol–water partition coefficient (Wildman–Crippen LogP) is 4.27. The first-order valence-electron chi connectivity index (χ1n) is 9.33. The summed E-state index contributed by atoms with van der Waals surface area (Å²) in [6.07, 6.45) is 3.35. The zero-order valence-electron chi connectivity index (χ0n) is 15.3. The molecule has 1 N–H and O–H groups in total. The van der Waals surface area contributed by atoms with Gasteiger partial charge in [0.25, 0.3) is 5.91 Å². The van der Waals surface area contributed by atoms with Gasteiger partial charge in [-0.15, -0.1) is 0 Å². The van der Waals surface area contributed by atoms with E-state index >= 15 is 0 Å². The van der Waals surface area contributed by atoms with Crippen LogP contribution in [0.25, 0.3) is 0 Å². The number of likely N-dealkylation sites (tertiary alicyclic amines) is 1. The highest BCUT2D eigenvalue weighted by Crippen LogP contribution is 2.24. The van der Waals surface area contributed by atoms with E-state index < -0.39 is 0 Å². The van der Waals surface area contributed by atoms with Crippen LogP contribution in [0.3, 0.4) is 0 Å². The summed E-state index contributed by atoms with van der Waals surface area (Å²) in [6, 6.07) is 17.3. The van der Waals surface area contributed by atoms with Gasteiger partial charge in [0.15, 0.2) is 0 Å². The van der Waals surface area contributed by atoms with E-state index in [-0.39, 0.29) is 11.8 Å². The average Bonchev–Trinajstić information content (AvgIpc) is 2.67. The minimum absolute atomic E-state index is 0.0645. The van der Waals surface area contributed by atoms with E-state index in [4.69, 9.17) is 0 Å². The smallest absolute Gasteiger partial charge is 0.254 e. The highest BCUT2D eigenvalue weighted by Gasteiger charge is 2.24. The van der Waals surface area contributed by atoms with Crippen LogP contribution in [0.15, 0.2) is 54.6 Å². The number of aryl methyl sites for hydroxylation is 1. The molecule has 3 rings (SSSR count). The van der Waals surface area contributed by atoms with Crippen LogP contribution in [0, 0.1) is 12.8 Å². The molecule has 0 atom stereocenters.